The van der Waals surface area contributed by atoms with Gasteiger partial charge in [0.2, 0.25) is 11.9 Å². The van der Waals surface area contributed by atoms with Crippen molar-refractivity contribution in [2.75, 3.05) is 42.3 Å². The van der Waals surface area contributed by atoms with Crippen LogP contribution in [0.3, 0.4) is 0 Å². The molecule has 28 heavy (non-hydrogen) atoms. The Morgan fingerprint density at radius 2 is 1.89 bits per heavy atom. The zero-order valence-electron chi connectivity index (χ0n) is 15.1. The Kier molecular flexibility index (Phi) is 4.81. The number of phenols is 1. The Balaban J connectivity index is 1.48. The van der Waals surface area contributed by atoms with E-state index >= 15 is 0 Å². The Hall–Kier alpha value is -3.59. The van der Waals surface area contributed by atoms with Crippen LogP contribution in [0.25, 0.3) is 0 Å². The Morgan fingerprint density at radius 3 is 2.61 bits per heavy atom. The van der Waals surface area contributed by atoms with Gasteiger partial charge in [0.15, 0.2) is 0 Å². The third kappa shape index (κ3) is 3.74. The van der Waals surface area contributed by atoms with Crippen LogP contribution in [0.2, 0.25) is 0 Å². The van der Waals surface area contributed by atoms with Crippen molar-refractivity contribution < 1.29 is 14.6 Å². The van der Waals surface area contributed by atoms with E-state index in [4.69, 9.17) is 10.5 Å². The van der Waals surface area contributed by atoms with Gasteiger partial charge >= 0.3 is 0 Å². The molecule has 0 bridgehead atoms. The van der Waals surface area contributed by atoms with Crippen molar-refractivity contribution in [1.29, 1.82) is 0 Å². The van der Waals surface area contributed by atoms with E-state index in [0.717, 1.165) is 42.4 Å². The second-order valence-electron chi connectivity index (χ2n) is 6.33. The summed E-state index contributed by atoms with van der Waals surface area (Å²) in [5.74, 6) is -0.314. The van der Waals surface area contributed by atoms with Gasteiger partial charge in [-0.1, -0.05) is 6.07 Å². The molecule has 2 heterocycles. The number of phenolic OH excluding ortho intramolecular Hbond substituents is 1. The van der Waals surface area contributed by atoms with E-state index in [0.29, 0.717) is 0 Å². The number of benzene rings is 2. The third-order valence-corrected chi connectivity index (χ3v) is 4.42. The highest BCUT2D eigenvalue weighted by molar-refractivity contribution is 5.97. The van der Waals surface area contributed by atoms with Gasteiger partial charge in [0.1, 0.15) is 5.75 Å². The fourth-order valence-electron chi connectivity index (χ4n) is 2.99. The fraction of sp³-hybridized carbons (Fsp3) is 0.211. The quantitative estimate of drug-likeness (QED) is 0.627. The number of carbonyl (C=O) groups is 1. The minimum Gasteiger partial charge on any atom is -0.508 e. The van der Waals surface area contributed by atoms with Crippen LogP contribution in [-0.4, -0.2) is 52.1 Å². The molecule has 0 saturated carbocycles. The molecule has 9 heteroatoms. The number of morpholine rings is 1. The van der Waals surface area contributed by atoms with E-state index in [9.17, 15) is 9.90 Å². The number of nitrogens with one attached hydrogen (secondary N) is 1. The smallest absolute Gasteiger partial charge is 0.281 e. The molecule has 4 rings (SSSR count). The van der Waals surface area contributed by atoms with Crippen molar-refractivity contribution >= 4 is 29.2 Å². The van der Waals surface area contributed by atoms with E-state index < -0.39 is 5.91 Å². The first kappa shape index (κ1) is 17.8. The summed E-state index contributed by atoms with van der Waals surface area (Å²) in [6.07, 6.45) is 0. The SMILES string of the molecule is Nc1nc(Nc2ccc(N3CCOCC3)cc2)nn1C(=O)c1cccc(O)c1. The lowest BCUT2D eigenvalue weighted by atomic mass is 10.2. The van der Waals surface area contributed by atoms with Crippen LogP contribution in [0.15, 0.2) is 48.5 Å². The van der Waals surface area contributed by atoms with Gasteiger partial charge in [-0.2, -0.15) is 9.67 Å². The summed E-state index contributed by atoms with van der Waals surface area (Å²) in [6.45, 7) is 3.19. The molecule has 4 N–H and O–H groups in total. The summed E-state index contributed by atoms with van der Waals surface area (Å²) in [4.78, 5) is 18.9. The van der Waals surface area contributed by atoms with Gasteiger partial charge in [0.05, 0.1) is 13.2 Å². The molecule has 0 amide bonds. The monoisotopic (exact) mass is 380 g/mol. The van der Waals surface area contributed by atoms with Crippen LogP contribution in [0.1, 0.15) is 10.4 Å². The molecule has 1 aromatic heterocycles. The molecule has 0 atom stereocenters. The molecule has 1 aliphatic rings. The Bertz CT molecular complexity index is 980. The molecular formula is C19H20N6O3. The van der Waals surface area contributed by atoms with Crippen LogP contribution in [0.5, 0.6) is 5.75 Å². The lowest BCUT2D eigenvalue weighted by Crippen LogP contribution is -2.36. The van der Waals surface area contributed by atoms with Crippen molar-refractivity contribution in [3.8, 4) is 5.75 Å². The molecule has 1 aliphatic heterocycles. The highest BCUT2D eigenvalue weighted by Gasteiger charge is 2.17. The third-order valence-electron chi connectivity index (χ3n) is 4.42. The number of hydrogen-bond donors (Lipinski definition) is 3. The highest BCUT2D eigenvalue weighted by atomic mass is 16.5. The predicted octanol–water partition coefficient (Wildman–Crippen LogP) is 1.83. The van der Waals surface area contributed by atoms with E-state index in [-0.39, 0.29) is 23.2 Å². The maximum atomic E-state index is 12.5. The van der Waals surface area contributed by atoms with E-state index in [1.165, 1.54) is 12.1 Å². The van der Waals surface area contributed by atoms with Crippen molar-refractivity contribution in [3.05, 3.63) is 54.1 Å². The molecule has 1 saturated heterocycles. The first-order valence-corrected chi connectivity index (χ1v) is 8.86. The highest BCUT2D eigenvalue weighted by Crippen LogP contribution is 2.21. The second-order valence-corrected chi connectivity index (χ2v) is 6.33. The van der Waals surface area contributed by atoms with Gasteiger partial charge in [-0.15, -0.1) is 5.10 Å². The van der Waals surface area contributed by atoms with Gasteiger partial charge in [-0.3, -0.25) is 4.79 Å². The molecule has 0 unspecified atom stereocenters. The van der Waals surface area contributed by atoms with Gasteiger partial charge in [-0.05, 0) is 42.5 Å². The maximum Gasteiger partial charge on any atom is 0.281 e. The molecule has 0 aliphatic carbocycles. The first-order valence-electron chi connectivity index (χ1n) is 8.86. The molecule has 144 valence electrons. The van der Waals surface area contributed by atoms with Crippen LogP contribution < -0.4 is 16.0 Å². The molecule has 3 aromatic rings. The number of carbonyl (C=O) groups excluding carboxylic acids is 1. The van der Waals surface area contributed by atoms with Crippen LogP contribution in [0, 0.1) is 0 Å². The standard InChI is InChI=1S/C19H20N6O3/c20-18-22-19(23-25(18)17(27)13-2-1-3-16(26)12-13)21-14-4-6-15(7-5-14)24-8-10-28-11-9-24/h1-7,12,26H,8-11H2,(H3,20,21,22,23). The van der Waals surface area contributed by atoms with Crippen LogP contribution in [-0.2, 0) is 4.74 Å². The number of hydrogen-bond acceptors (Lipinski definition) is 8. The van der Waals surface area contributed by atoms with E-state index in [1.807, 2.05) is 24.3 Å². The van der Waals surface area contributed by atoms with E-state index in [2.05, 4.69) is 20.3 Å². The van der Waals surface area contributed by atoms with Crippen molar-refractivity contribution in [3.63, 3.8) is 0 Å². The summed E-state index contributed by atoms with van der Waals surface area (Å²) >= 11 is 0. The zero-order valence-corrected chi connectivity index (χ0v) is 15.1. The van der Waals surface area contributed by atoms with Gasteiger partial charge in [0.25, 0.3) is 5.91 Å². The Labute approximate surface area is 161 Å². The van der Waals surface area contributed by atoms with Crippen molar-refractivity contribution in [2.24, 2.45) is 0 Å². The number of aromatic hydroxyl groups is 1. The Morgan fingerprint density at radius 1 is 1.14 bits per heavy atom. The minimum absolute atomic E-state index is 0.0109. The predicted molar refractivity (Wildman–Crippen MR) is 105 cm³/mol. The molecule has 9 nitrogen and oxygen atoms in total. The number of nitrogens with two attached hydrogens (primary N) is 1. The molecule has 1 fully saturated rings. The van der Waals surface area contributed by atoms with Crippen molar-refractivity contribution in [2.45, 2.75) is 0 Å². The topological polar surface area (TPSA) is 119 Å². The minimum atomic E-state index is -0.475. The van der Waals surface area contributed by atoms with Crippen molar-refractivity contribution in [1.82, 2.24) is 14.8 Å². The molecule has 2 aromatic carbocycles. The average molecular weight is 380 g/mol. The number of nitrogens with zero attached hydrogens (tertiary/aromatic N) is 4. The summed E-state index contributed by atoms with van der Waals surface area (Å²) in [7, 11) is 0. The maximum absolute atomic E-state index is 12.5. The summed E-state index contributed by atoms with van der Waals surface area (Å²) in [5, 5.41) is 16.7. The normalized spacial score (nSPS) is 14.1. The largest absolute Gasteiger partial charge is 0.508 e. The second kappa shape index (κ2) is 7.57. The summed E-state index contributed by atoms with van der Waals surface area (Å²) < 4.78 is 6.37. The number of anilines is 4. The van der Waals surface area contributed by atoms with Gasteiger partial charge < -0.3 is 25.8 Å². The lowest BCUT2D eigenvalue weighted by Gasteiger charge is -2.28. The molecule has 0 spiro atoms. The lowest BCUT2D eigenvalue weighted by molar-refractivity contribution is 0.0947. The summed E-state index contributed by atoms with van der Waals surface area (Å²) in [6, 6.07) is 13.8. The first-order chi connectivity index (χ1) is 13.6. The molecule has 0 radical (unpaired) electrons. The average Bonchev–Trinajstić information content (AvgIpc) is 3.08. The van der Waals surface area contributed by atoms with Crippen LogP contribution >= 0.6 is 0 Å². The van der Waals surface area contributed by atoms with Gasteiger partial charge in [-0.25, -0.2) is 0 Å². The fourth-order valence-corrected chi connectivity index (χ4v) is 2.99. The van der Waals surface area contributed by atoms with Crippen LogP contribution in [0.4, 0.5) is 23.3 Å². The number of aromatic nitrogens is 3. The molecular weight excluding hydrogens is 360 g/mol. The number of rotatable bonds is 4. The summed E-state index contributed by atoms with van der Waals surface area (Å²) in [5.41, 5.74) is 8.00. The number of nitrogen functional groups attached to an aromatic ring is 1. The zero-order chi connectivity index (χ0) is 19.5. The van der Waals surface area contributed by atoms with Gasteiger partial charge in [0, 0.05) is 30.0 Å². The van der Waals surface area contributed by atoms with E-state index in [1.54, 1.807) is 12.1 Å². The number of ether oxygens (including phenoxy) is 1.